The number of amides is 1. The van der Waals surface area contributed by atoms with Crippen molar-refractivity contribution in [2.24, 2.45) is 11.8 Å². The fourth-order valence-electron chi connectivity index (χ4n) is 2.92. The number of rotatable bonds is 4. The lowest BCUT2D eigenvalue weighted by Crippen LogP contribution is -2.35. The van der Waals surface area contributed by atoms with Gasteiger partial charge >= 0.3 is 0 Å². The first-order valence-electron chi connectivity index (χ1n) is 7.24. The average molecular weight is 290 g/mol. The van der Waals surface area contributed by atoms with Gasteiger partial charge in [0, 0.05) is 18.3 Å². The van der Waals surface area contributed by atoms with Gasteiger partial charge in [-0.1, -0.05) is 12.8 Å². The van der Waals surface area contributed by atoms with Crippen molar-refractivity contribution in [1.82, 2.24) is 5.32 Å². The van der Waals surface area contributed by atoms with Gasteiger partial charge in [-0.15, -0.1) is 11.6 Å². The number of thioether (sulfide) groups is 1. The predicted molar refractivity (Wildman–Crippen MR) is 79.3 cm³/mol. The molecule has 1 saturated heterocycles. The Labute approximate surface area is 120 Å². The summed E-state index contributed by atoms with van der Waals surface area (Å²) in [5, 5.41) is 3.37. The highest BCUT2D eigenvalue weighted by atomic mass is 35.5. The van der Waals surface area contributed by atoms with E-state index in [1.165, 1.54) is 43.6 Å². The summed E-state index contributed by atoms with van der Waals surface area (Å²) in [6.45, 7) is 0.786. The third-order valence-corrected chi connectivity index (χ3v) is 5.82. The Balaban J connectivity index is 1.64. The van der Waals surface area contributed by atoms with E-state index in [4.69, 9.17) is 11.6 Å². The first kappa shape index (κ1) is 14.5. The van der Waals surface area contributed by atoms with Crippen LogP contribution in [-0.2, 0) is 4.79 Å². The molecule has 18 heavy (non-hydrogen) atoms. The zero-order chi connectivity index (χ0) is 12.8. The number of nitrogens with one attached hydrogen (secondary N) is 1. The molecule has 2 fully saturated rings. The van der Waals surface area contributed by atoms with E-state index in [2.05, 4.69) is 5.32 Å². The predicted octanol–water partition coefficient (Wildman–Crippen LogP) is 3.43. The second-order valence-corrected chi connectivity index (χ2v) is 7.41. The van der Waals surface area contributed by atoms with Gasteiger partial charge in [-0.3, -0.25) is 4.79 Å². The van der Waals surface area contributed by atoms with E-state index in [-0.39, 0.29) is 11.3 Å². The Kier molecular flexibility index (Phi) is 6.16. The molecule has 4 heteroatoms. The smallest absolute Gasteiger partial charge is 0.220 e. The molecule has 0 aromatic rings. The van der Waals surface area contributed by atoms with Gasteiger partial charge in [0.15, 0.2) is 0 Å². The van der Waals surface area contributed by atoms with Gasteiger partial charge < -0.3 is 5.32 Å². The molecular formula is C14H24ClNOS. The minimum absolute atomic E-state index is 0.237. The summed E-state index contributed by atoms with van der Waals surface area (Å²) in [4.78, 5) is 11.9. The van der Waals surface area contributed by atoms with Gasteiger partial charge in [-0.05, 0) is 49.0 Å². The van der Waals surface area contributed by atoms with Crippen LogP contribution >= 0.6 is 23.4 Å². The molecule has 1 aliphatic heterocycles. The maximum Gasteiger partial charge on any atom is 0.220 e. The zero-order valence-corrected chi connectivity index (χ0v) is 12.6. The molecule has 1 amide bonds. The van der Waals surface area contributed by atoms with Crippen LogP contribution in [0, 0.1) is 11.8 Å². The number of hydrogen-bond donors (Lipinski definition) is 1. The molecule has 0 aromatic carbocycles. The first-order chi connectivity index (χ1) is 8.75. The van der Waals surface area contributed by atoms with E-state index in [1.807, 2.05) is 11.8 Å². The van der Waals surface area contributed by atoms with Crippen LogP contribution in [0.3, 0.4) is 0 Å². The molecule has 0 spiro atoms. The van der Waals surface area contributed by atoms with Crippen LogP contribution in [0.5, 0.6) is 0 Å². The molecule has 104 valence electrons. The quantitative estimate of drug-likeness (QED) is 0.804. The highest BCUT2D eigenvalue weighted by Crippen LogP contribution is 2.28. The van der Waals surface area contributed by atoms with Crippen molar-refractivity contribution in [3.63, 3.8) is 0 Å². The SMILES string of the molecule is O=C(CC1CCSCC1)NCC1CCCCC1Cl. The van der Waals surface area contributed by atoms with Gasteiger partial charge in [-0.25, -0.2) is 0 Å². The van der Waals surface area contributed by atoms with Crippen molar-refractivity contribution in [2.45, 2.75) is 50.3 Å². The summed E-state index contributed by atoms with van der Waals surface area (Å²) in [5.41, 5.74) is 0. The van der Waals surface area contributed by atoms with Gasteiger partial charge in [-0.2, -0.15) is 11.8 Å². The van der Waals surface area contributed by atoms with Crippen LogP contribution in [0.2, 0.25) is 0 Å². The second kappa shape index (κ2) is 7.64. The summed E-state index contributed by atoms with van der Waals surface area (Å²) in [6.07, 6.45) is 7.94. The molecule has 1 saturated carbocycles. The standard InChI is InChI=1S/C14H24ClNOS/c15-13-4-2-1-3-12(13)10-16-14(17)9-11-5-7-18-8-6-11/h11-13H,1-10H2,(H,16,17). The summed E-state index contributed by atoms with van der Waals surface area (Å²) in [6, 6.07) is 0. The lowest BCUT2D eigenvalue weighted by molar-refractivity contribution is -0.122. The lowest BCUT2D eigenvalue weighted by Gasteiger charge is -2.27. The maximum atomic E-state index is 11.9. The van der Waals surface area contributed by atoms with Gasteiger partial charge in [0.05, 0.1) is 0 Å². The van der Waals surface area contributed by atoms with Crippen LogP contribution in [0.25, 0.3) is 0 Å². The van der Waals surface area contributed by atoms with E-state index in [9.17, 15) is 4.79 Å². The summed E-state index contributed by atoms with van der Waals surface area (Å²) < 4.78 is 0. The van der Waals surface area contributed by atoms with Crippen LogP contribution in [0.15, 0.2) is 0 Å². The van der Waals surface area contributed by atoms with E-state index in [1.54, 1.807) is 0 Å². The molecule has 2 aliphatic rings. The van der Waals surface area contributed by atoms with Crippen LogP contribution in [0.4, 0.5) is 0 Å². The van der Waals surface area contributed by atoms with Crippen molar-refractivity contribution in [1.29, 1.82) is 0 Å². The number of carbonyl (C=O) groups is 1. The molecule has 0 radical (unpaired) electrons. The largest absolute Gasteiger partial charge is 0.356 e. The Morgan fingerprint density at radius 1 is 1.17 bits per heavy atom. The van der Waals surface area contributed by atoms with E-state index in [0.29, 0.717) is 11.8 Å². The van der Waals surface area contributed by atoms with Crippen molar-refractivity contribution in [3.8, 4) is 0 Å². The Hall–Kier alpha value is 0.110. The third kappa shape index (κ3) is 4.65. The molecular weight excluding hydrogens is 266 g/mol. The molecule has 1 heterocycles. The highest BCUT2D eigenvalue weighted by molar-refractivity contribution is 7.99. The van der Waals surface area contributed by atoms with Gasteiger partial charge in [0.1, 0.15) is 0 Å². The molecule has 0 bridgehead atoms. The maximum absolute atomic E-state index is 11.9. The van der Waals surface area contributed by atoms with Crippen LogP contribution in [0.1, 0.15) is 44.9 Å². The minimum atomic E-state index is 0.237. The minimum Gasteiger partial charge on any atom is -0.356 e. The molecule has 2 nitrogen and oxygen atoms in total. The molecule has 1 N–H and O–H groups in total. The van der Waals surface area contributed by atoms with Crippen molar-refractivity contribution >= 4 is 29.3 Å². The summed E-state index contributed by atoms with van der Waals surface area (Å²) >= 11 is 8.32. The molecule has 1 aliphatic carbocycles. The fourth-order valence-corrected chi connectivity index (χ4v) is 4.50. The Morgan fingerprint density at radius 2 is 1.89 bits per heavy atom. The normalized spacial score (nSPS) is 30.1. The van der Waals surface area contributed by atoms with Gasteiger partial charge in [0.2, 0.25) is 5.91 Å². The number of carbonyl (C=O) groups excluding carboxylic acids is 1. The third-order valence-electron chi connectivity index (χ3n) is 4.19. The van der Waals surface area contributed by atoms with Crippen molar-refractivity contribution in [2.75, 3.05) is 18.1 Å². The lowest BCUT2D eigenvalue weighted by atomic mass is 9.88. The molecule has 2 atom stereocenters. The molecule has 2 rings (SSSR count). The highest BCUT2D eigenvalue weighted by Gasteiger charge is 2.24. The van der Waals surface area contributed by atoms with Crippen LogP contribution in [-0.4, -0.2) is 29.3 Å². The van der Waals surface area contributed by atoms with Crippen molar-refractivity contribution < 1.29 is 4.79 Å². The topological polar surface area (TPSA) is 29.1 Å². The second-order valence-electron chi connectivity index (χ2n) is 5.62. The molecule has 2 unspecified atom stereocenters. The van der Waals surface area contributed by atoms with Crippen LogP contribution < -0.4 is 5.32 Å². The Morgan fingerprint density at radius 3 is 2.61 bits per heavy atom. The fraction of sp³-hybridized carbons (Fsp3) is 0.929. The van der Waals surface area contributed by atoms with E-state index >= 15 is 0 Å². The van der Waals surface area contributed by atoms with E-state index < -0.39 is 0 Å². The molecule has 0 aromatic heterocycles. The average Bonchev–Trinajstić information content (AvgIpc) is 2.39. The van der Waals surface area contributed by atoms with Crippen molar-refractivity contribution in [3.05, 3.63) is 0 Å². The number of hydrogen-bond acceptors (Lipinski definition) is 2. The first-order valence-corrected chi connectivity index (χ1v) is 8.83. The number of alkyl halides is 1. The monoisotopic (exact) mass is 289 g/mol. The Bertz CT molecular complexity index is 269. The van der Waals surface area contributed by atoms with Gasteiger partial charge in [0.25, 0.3) is 0 Å². The summed E-state index contributed by atoms with van der Waals surface area (Å²) in [5.74, 6) is 3.80. The zero-order valence-electron chi connectivity index (χ0n) is 11.0. The number of halogens is 1. The summed E-state index contributed by atoms with van der Waals surface area (Å²) in [7, 11) is 0. The van der Waals surface area contributed by atoms with E-state index in [0.717, 1.165) is 19.4 Å².